The van der Waals surface area contributed by atoms with Gasteiger partial charge in [-0.2, -0.15) is 10.5 Å². The molecule has 1 aromatic heterocycles. The van der Waals surface area contributed by atoms with Crippen LogP contribution >= 0.6 is 0 Å². The Morgan fingerprint density at radius 1 is 1.20 bits per heavy atom. The normalized spacial score (nSPS) is 29.4. The Balaban J connectivity index is 1.19. The van der Waals surface area contributed by atoms with Crippen LogP contribution in [0.5, 0.6) is 0 Å². The number of H-pyrrole nitrogens is 1. The molecule has 1 aromatic carbocycles. The van der Waals surface area contributed by atoms with Crippen LogP contribution in [0.4, 0.5) is 5.69 Å². The summed E-state index contributed by atoms with van der Waals surface area (Å²) in [6.45, 7) is 0.550. The van der Waals surface area contributed by atoms with E-state index in [2.05, 4.69) is 25.9 Å². The zero-order valence-electron chi connectivity index (χ0n) is 16.7. The Bertz CT molecular complexity index is 954. The highest BCUT2D eigenvalue weighted by Gasteiger charge is 2.51. The van der Waals surface area contributed by atoms with E-state index in [1.165, 1.54) is 44.7 Å². The van der Waals surface area contributed by atoms with Crippen LogP contribution in [0.2, 0.25) is 0 Å². The van der Waals surface area contributed by atoms with Crippen molar-refractivity contribution < 1.29 is 9.53 Å². The summed E-state index contributed by atoms with van der Waals surface area (Å²) in [4.78, 5) is 12.6. The number of hydrogen-bond acceptors (Lipinski definition) is 7. The van der Waals surface area contributed by atoms with Crippen molar-refractivity contribution in [1.82, 2.24) is 20.6 Å². The van der Waals surface area contributed by atoms with Gasteiger partial charge in [0, 0.05) is 17.3 Å². The van der Waals surface area contributed by atoms with Gasteiger partial charge in [0.05, 0.1) is 12.2 Å². The van der Waals surface area contributed by atoms with Gasteiger partial charge in [-0.15, -0.1) is 10.2 Å². The summed E-state index contributed by atoms with van der Waals surface area (Å²) in [6.07, 6.45) is 9.34. The number of esters is 1. The van der Waals surface area contributed by atoms with Gasteiger partial charge in [-0.05, 0) is 85.8 Å². The van der Waals surface area contributed by atoms with Gasteiger partial charge in [0.2, 0.25) is 5.82 Å². The number of hydrogen-bond donors (Lipinski definition) is 2. The summed E-state index contributed by atoms with van der Waals surface area (Å²) in [6, 6.07) is 9.05. The minimum atomic E-state index is -0.266. The number of rotatable bonds is 6. The first kappa shape index (κ1) is 18.8. The summed E-state index contributed by atoms with van der Waals surface area (Å²) < 4.78 is 5.78. The maximum atomic E-state index is 12.6. The molecule has 4 saturated carbocycles. The molecule has 6 rings (SSSR count). The molecule has 154 valence electrons. The molecule has 1 heterocycles. The number of carbonyl (C=O) groups excluding carboxylic acids is 1. The van der Waals surface area contributed by atoms with Crippen molar-refractivity contribution >= 4 is 17.2 Å². The van der Waals surface area contributed by atoms with E-state index in [0.29, 0.717) is 12.2 Å². The van der Waals surface area contributed by atoms with Crippen LogP contribution < -0.4 is 5.32 Å². The lowest BCUT2D eigenvalue weighted by Gasteiger charge is -2.56. The van der Waals surface area contributed by atoms with E-state index in [1.807, 2.05) is 6.07 Å². The topological polar surface area (TPSA) is 117 Å². The van der Waals surface area contributed by atoms with Crippen LogP contribution in [-0.4, -0.2) is 33.2 Å². The number of aromatic nitrogens is 4. The highest BCUT2D eigenvalue weighted by molar-refractivity contribution is 5.90. The van der Waals surface area contributed by atoms with Gasteiger partial charge >= 0.3 is 5.97 Å². The molecule has 30 heavy (non-hydrogen) atoms. The number of allylic oxidation sites excluding steroid dienone is 1. The van der Waals surface area contributed by atoms with Crippen molar-refractivity contribution in [1.29, 1.82) is 5.26 Å². The largest absolute Gasteiger partial charge is 0.462 e. The average Bonchev–Trinajstić information content (AvgIpc) is 3.27. The number of nitrogens with one attached hydrogen (secondary N) is 2. The van der Waals surface area contributed by atoms with Crippen LogP contribution in [0.15, 0.2) is 30.5 Å². The second-order valence-corrected chi connectivity index (χ2v) is 9.12. The van der Waals surface area contributed by atoms with Gasteiger partial charge in [0.15, 0.2) is 0 Å². The summed E-state index contributed by atoms with van der Waals surface area (Å²) in [7, 11) is 0. The Morgan fingerprint density at radius 2 is 1.87 bits per heavy atom. The molecule has 8 heteroatoms. The van der Waals surface area contributed by atoms with Gasteiger partial charge in [-0.25, -0.2) is 4.79 Å². The number of aromatic amines is 1. The maximum Gasteiger partial charge on any atom is 0.338 e. The third kappa shape index (κ3) is 3.67. The maximum absolute atomic E-state index is 12.6. The summed E-state index contributed by atoms with van der Waals surface area (Å²) in [5.41, 5.74) is 1.75. The van der Waals surface area contributed by atoms with Gasteiger partial charge in [0.1, 0.15) is 11.6 Å². The van der Waals surface area contributed by atoms with E-state index in [4.69, 9.17) is 4.74 Å². The van der Waals surface area contributed by atoms with Crippen LogP contribution in [0.3, 0.4) is 0 Å². The zero-order valence-corrected chi connectivity index (χ0v) is 16.7. The van der Waals surface area contributed by atoms with Gasteiger partial charge < -0.3 is 10.1 Å². The molecule has 4 bridgehead atoms. The van der Waals surface area contributed by atoms with Gasteiger partial charge in [-0.1, -0.05) is 0 Å². The van der Waals surface area contributed by atoms with Crippen molar-refractivity contribution in [2.75, 3.05) is 11.9 Å². The Labute approximate surface area is 174 Å². The smallest absolute Gasteiger partial charge is 0.338 e. The van der Waals surface area contributed by atoms with Crippen molar-refractivity contribution in [3.63, 3.8) is 0 Å². The second kappa shape index (κ2) is 7.56. The fourth-order valence-electron chi connectivity index (χ4n) is 6.05. The van der Waals surface area contributed by atoms with E-state index in [9.17, 15) is 10.1 Å². The van der Waals surface area contributed by atoms with Crippen molar-refractivity contribution in [3.8, 4) is 6.07 Å². The molecule has 4 aliphatic carbocycles. The second-order valence-electron chi connectivity index (χ2n) is 9.12. The fourth-order valence-corrected chi connectivity index (χ4v) is 6.05. The quantitative estimate of drug-likeness (QED) is 0.558. The fraction of sp³-hybridized carbons (Fsp3) is 0.500. The molecular weight excluding hydrogens is 380 g/mol. The minimum Gasteiger partial charge on any atom is -0.462 e. The Morgan fingerprint density at radius 3 is 2.43 bits per heavy atom. The highest BCUT2D eigenvalue weighted by atomic mass is 16.5. The molecule has 2 N–H and O–H groups in total. The molecule has 0 saturated heterocycles. The van der Waals surface area contributed by atoms with E-state index in [0.717, 1.165) is 23.4 Å². The summed E-state index contributed by atoms with van der Waals surface area (Å²) in [5, 5.41) is 25.5. The lowest BCUT2D eigenvalue weighted by atomic mass is 9.50. The van der Waals surface area contributed by atoms with Crippen LogP contribution in [0, 0.1) is 34.5 Å². The van der Waals surface area contributed by atoms with Gasteiger partial charge in [-0.3, -0.25) is 0 Å². The van der Waals surface area contributed by atoms with Crippen molar-refractivity contribution in [2.24, 2.45) is 23.2 Å². The van der Waals surface area contributed by atoms with E-state index in [1.54, 1.807) is 24.3 Å². The molecule has 0 atom stereocenters. The summed E-state index contributed by atoms with van der Waals surface area (Å²) in [5.74, 6) is 2.49. The number of nitriles is 1. The van der Waals surface area contributed by atoms with Crippen LogP contribution in [0.25, 0.3) is 5.57 Å². The SMILES string of the molecule is N#CC(=CNc1ccc(C(=O)OCC23CC4CC(CC(C4)C2)C3)cc1)c1nn[nH]n1. The van der Waals surface area contributed by atoms with Crippen molar-refractivity contribution in [3.05, 3.63) is 41.9 Å². The first-order chi connectivity index (χ1) is 14.6. The molecular formula is C22H24N6O2. The number of anilines is 1. The van der Waals surface area contributed by atoms with Crippen LogP contribution in [0.1, 0.15) is 54.7 Å². The number of benzene rings is 1. The molecule has 4 fully saturated rings. The predicted octanol–water partition coefficient (Wildman–Crippen LogP) is 3.55. The molecule has 4 aliphatic rings. The lowest BCUT2D eigenvalue weighted by Crippen LogP contribution is -2.48. The van der Waals surface area contributed by atoms with E-state index < -0.39 is 0 Å². The standard InChI is InChI=1S/C22H24N6O2/c23-11-18(20-25-27-28-26-20)12-24-19-3-1-17(2-4-19)21(29)30-13-22-8-14-5-15(9-22)7-16(6-14)10-22/h1-4,12,14-16,24H,5-10,13H2,(H,25,26,27,28). The Kier molecular flexibility index (Phi) is 4.74. The number of nitrogens with zero attached hydrogens (tertiary/aromatic N) is 4. The predicted molar refractivity (Wildman–Crippen MR) is 109 cm³/mol. The number of carbonyl (C=O) groups is 1. The molecule has 2 aromatic rings. The van der Waals surface area contributed by atoms with Crippen LogP contribution in [-0.2, 0) is 4.74 Å². The van der Waals surface area contributed by atoms with Crippen molar-refractivity contribution in [2.45, 2.75) is 38.5 Å². The highest BCUT2D eigenvalue weighted by Crippen LogP contribution is 2.60. The van der Waals surface area contributed by atoms with E-state index in [-0.39, 0.29) is 22.8 Å². The minimum absolute atomic E-state index is 0.217. The molecule has 0 radical (unpaired) electrons. The zero-order chi connectivity index (χ0) is 20.6. The third-order valence-corrected chi connectivity index (χ3v) is 6.88. The van der Waals surface area contributed by atoms with Gasteiger partial charge in [0.25, 0.3) is 0 Å². The molecule has 8 nitrogen and oxygen atoms in total. The first-order valence-corrected chi connectivity index (χ1v) is 10.5. The molecule has 0 amide bonds. The lowest BCUT2D eigenvalue weighted by molar-refractivity contribution is -0.0848. The average molecular weight is 404 g/mol. The molecule has 0 unspecified atom stereocenters. The monoisotopic (exact) mass is 404 g/mol. The first-order valence-electron chi connectivity index (χ1n) is 10.5. The number of tetrazole rings is 1. The third-order valence-electron chi connectivity index (χ3n) is 6.88. The Hall–Kier alpha value is -3.21. The summed E-state index contributed by atoms with van der Waals surface area (Å²) >= 11 is 0. The van der Waals surface area contributed by atoms with E-state index >= 15 is 0 Å². The molecule has 0 aliphatic heterocycles. The molecule has 0 spiro atoms. The number of ether oxygens (including phenoxy) is 1.